The van der Waals surface area contributed by atoms with Crippen LogP contribution in [0.2, 0.25) is 0 Å². The maximum Gasteiger partial charge on any atom is 0.433 e. The molecule has 2 N–H and O–H groups in total. The van der Waals surface area contributed by atoms with Crippen molar-refractivity contribution < 1.29 is 26.4 Å². The molecular formula is C20H29F3N4O3S. The molecule has 0 unspecified atom stereocenters. The quantitative estimate of drug-likeness (QED) is 0.720. The Bertz CT molecular complexity index is 980. The van der Waals surface area contributed by atoms with Gasteiger partial charge < -0.3 is 5.32 Å². The van der Waals surface area contributed by atoms with Crippen molar-refractivity contribution in [3.63, 3.8) is 0 Å². The van der Waals surface area contributed by atoms with Crippen LogP contribution in [0.15, 0.2) is 6.20 Å². The molecule has 5 rings (SSSR count). The highest BCUT2D eigenvalue weighted by molar-refractivity contribution is 7.88. The lowest BCUT2D eigenvalue weighted by molar-refractivity contribution is -0.146. The second kappa shape index (κ2) is 6.94. The molecule has 0 saturated heterocycles. The van der Waals surface area contributed by atoms with Crippen LogP contribution in [0, 0.1) is 17.8 Å². The summed E-state index contributed by atoms with van der Waals surface area (Å²) in [6.07, 6.45) is 1.08. The van der Waals surface area contributed by atoms with E-state index < -0.39 is 44.4 Å². The van der Waals surface area contributed by atoms with E-state index in [1.54, 1.807) is 20.8 Å². The van der Waals surface area contributed by atoms with Crippen molar-refractivity contribution in [3.05, 3.63) is 17.5 Å². The van der Waals surface area contributed by atoms with Crippen LogP contribution in [0.25, 0.3) is 0 Å². The molecule has 174 valence electrons. The number of carbonyl (C=O) groups is 1. The first kappa shape index (κ1) is 22.6. The summed E-state index contributed by atoms with van der Waals surface area (Å²) >= 11 is 0. The molecule has 0 radical (unpaired) electrons. The van der Waals surface area contributed by atoms with Crippen LogP contribution in [0.4, 0.5) is 13.2 Å². The minimum Gasteiger partial charge on any atom is -0.349 e. The van der Waals surface area contributed by atoms with Gasteiger partial charge in [0.25, 0.3) is 5.91 Å². The Morgan fingerprint density at radius 1 is 1.16 bits per heavy atom. The van der Waals surface area contributed by atoms with E-state index in [1.807, 2.05) is 0 Å². The van der Waals surface area contributed by atoms with E-state index in [0.717, 1.165) is 36.4 Å². The van der Waals surface area contributed by atoms with Crippen LogP contribution in [-0.4, -0.2) is 41.9 Å². The molecule has 11 heteroatoms. The lowest BCUT2D eigenvalue weighted by Gasteiger charge is -2.59. The highest BCUT2D eigenvalue weighted by Crippen LogP contribution is 2.56. The number of sulfonamides is 1. The number of nitrogens with one attached hydrogen (secondary N) is 2. The Kier molecular flexibility index (Phi) is 5.05. The molecule has 1 aromatic heterocycles. The molecule has 4 bridgehead atoms. The maximum absolute atomic E-state index is 13.8. The number of amides is 1. The van der Waals surface area contributed by atoms with Crippen LogP contribution < -0.4 is 10.0 Å². The first-order valence-electron chi connectivity index (χ1n) is 10.5. The second-order valence-corrected chi connectivity index (χ2v) is 12.4. The summed E-state index contributed by atoms with van der Waals surface area (Å²) in [6, 6.07) is -0.266. The van der Waals surface area contributed by atoms with Crippen molar-refractivity contribution in [1.82, 2.24) is 19.8 Å². The zero-order valence-electron chi connectivity index (χ0n) is 18.1. The standard InChI is InChI=1S/C20H29F3N4O3S/c1-18(2,3)27-16(20(21,22)23)14(10-24-27)17(28)25-15-12-5-11-6-13(15)9-19(7-11,8-12)26-31(4,29)30/h10-13,15,26H,5-9H2,1-4H3,(H,25,28)/t11?,12-,13-,15?,19?/m0/s1. The number of halogens is 3. The minimum absolute atomic E-state index is 0.0384. The van der Waals surface area contributed by atoms with Crippen molar-refractivity contribution in [3.8, 4) is 0 Å². The summed E-state index contributed by atoms with van der Waals surface area (Å²) in [4.78, 5) is 13.0. The van der Waals surface area contributed by atoms with Crippen molar-refractivity contribution in [2.75, 3.05) is 6.26 Å². The monoisotopic (exact) mass is 462 g/mol. The summed E-state index contributed by atoms with van der Waals surface area (Å²) in [5.74, 6) is -0.326. The first-order valence-corrected chi connectivity index (χ1v) is 12.4. The fourth-order valence-electron chi connectivity index (χ4n) is 6.30. The molecule has 4 saturated carbocycles. The van der Waals surface area contributed by atoms with Gasteiger partial charge in [0, 0.05) is 11.6 Å². The Labute approximate surface area is 180 Å². The van der Waals surface area contributed by atoms with Gasteiger partial charge in [-0.15, -0.1) is 0 Å². The van der Waals surface area contributed by atoms with Gasteiger partial charge in [-0.2, -0.15) is 18.3 Å². The molecule has 0 aliphatic heterocycles. The van der Waals surface area contributed by atoms with Gasteiger partial charge in [0.1, 0.15) is 0 Å². The molecule has 4 aliphatic carbocycles. The normalized spacial score (nSPS) is 33.0. The first-order chi connectivity index (χ1) is 14.1. The Hall–Kier alpha value is -1.62. The van der Waals surface area contributed by atoms with Crippen LogP contribution >= 0.6 is 0 Å². The number of nitrogens with zero attached hydrogens (tertiary/aromatic N) is 2. The molecule has 1 amide bonds. The van der Waals surface area contributed by atoms with Gasteiger partial charge in [-0.25, -0.2) is 13.1 Å². The third-order valence-electron chi connectivity index (χ3n) is 6.89. The highest BCUT2D eigenvalue weighted by atomic mass is 32.2. The van der Waals surface area contributed by atoms with Gasteiger partial charge in [-0.3, -0.25) is 9.48 Å². The number of aromatic nitrogens is 2. The number of hydrogen-bond donors (Lipinski definition) is 2. The molecule has 4 fully saturated rings. The third-order valence-corrected chi connectivity index (χ3v) is 7.69. The fourth-order valence-corrected chi connectivity index (χ4v) is 7.34. The molecular weight excluding hydrogens is 433 g/mol. The number of rotatable bonds is 4. The van der Waals surface area contributed by atoms with Crippen molar-refractivity contribution in [2.24, 2.45) is 17.8 Å². The predicted octanol–water partition coefficient (Wildman–Crippen LogP) is 2.88. The number of hydrogen-bond acceptors (Lipinski definition) is 4. The van der Waals surface area contributed by atoms with Gasteiger partial charge in [0.15, 0.2) is 5.69 Å². The van der Waals surface area contributed by atoms with Gasteiger partial charge in [0.2, 0.25) is 10.0 Å². The average Bonchev–Trinajstić information content (AvgIpc) is 3.01. The molecule has 31 heavy (non-hydrogen) atoms. The van der Waals surface area contributed by atoms with Crippen LogP contribution in [0.3, 0.4) is 0 Å². The van der Waals surface area contributed by atoms with Crippen LogP contribution in [0.1, 0.15) is 68.9 Å². The highest BCUT2D eigenvalue weighted by Gasteiger charge is 2.56. The molecule has 1 aromatic rings. The van der Waals surface area contributed by atoms with Gasteiger partial charge >= 0.3 is 6.18 Å². The summed E-state index contributed by atoms with van der Waals surface area (Å²) in [6.45, 7) is 4.80. The Morgan fingerprint density at radius 3 is 2.23 bits per heavy atom. The SMILES string of the molecule is CC(C)(C)n1ncc(C(=O)NC2[C@H]3CC4C[C@H]2CC(NS(C)(=O)=O)(C4)C3)c1C(F)(F)F. The second-order valence-electron chi connectivity index (χ2n) is 10.6. The summed E-state index contributed by atoms with van der Waals surface area (Å²) < 4.78 is 68.8. The maximum atomic E-state index is 13.8. The van der Waals surface area contributed by atoms with Gasteiger partial charge in [-0.05, 0) is 70.6 Å². The summed E-state index contributed by atoms with van der Waals surface area (Å²) in [5, 5.41) is 6.74. The van der Waals surface area contributed by atoms with E-state index in [1.165, 1.54) is 0 Å². The van der Waals surface area contributed by atoms with E-state index in [9.17, 15) is 26.4 Å². The lowest BCUT2D eigenvalue weighted by atomic mass is 9.51. The predicted molar refractivity (Wildman–Crippen MR) is 108 cm³/mol. The molecule has 0 aromatic carbocycles. The number of carbonyl (C=O) groups excluding carboxylic acids is 1. The minimum atomic E-state index is -4.72. The average molecular weight is 463 g/mol. The lowest BCUT2D eigenvalue weighted by Crippen LogP contribution is -2.66. The topological polar surface area (TPSA) is 93.1 Å². The number of alkyl halides is 3. The largest absolute Gasteiger partial charge is 0.433 e. The molecule has 0 spiro atoms. The molecule has 1 heterocycles. The van der Waals surface area contributed by atoms with Crippen molar-refractivity contribution in [2.45, 2.75) is 76.2 Å². The van der Waals surface area contributed by atoms with E-state index in [2.05, 4.69) is 15.1 Å². The molecule has 7 nitrogen and oxygen atoms in total. The van der Waals surface area contributed by atoms with Crippen LogP contribution in [0.5, 0.6) is 0 Å². The summed E-state index contributed by atoms with van der Waals surface area (Å²) in [7, 11) is -3.38. The fraction of sp³-hybridized carbons (Fsp3) is 0.800. The Balaban J connectivity index is 1.58. The van der Waals surface area contributed by atoms with Gasteiger partial charge in [0.05, 0.1) is 23.6 Å². The van der Waals surface area contributed by atoms with Crippen molar-refractivity contribution >= 4 is 15.9 Å². The molecule has 4 aliphatic rings. The van der Waals surface area contributed by atoms with Gasteiger partial charge in [-0.1, -0.05) is 0 Å². The third kappa shape index (κ3) is 4.22. The van der Waals surface area contributed by atoms with E-state index in [4.69, 9.17) is 0 Å². The summed E-state index contributed by atoms with van der Waals surface area (Å²) in [5.41, 5.74) is -2.95. The smallest absolute Gasteiger partial charge is 0.349 e. The Morgan fingerprint density at radius 2 is 1.74 bits per heavy atom. The molecule has 2 atom stereocenters. The zero-order chi connectivity index (χ0) is 23.0. The van der Waals surface area contributed by atoms with E-state index >= 15 is 0 Å². The zero-order valence-corrected chi connectivity index (χ0v) is 18.9. The van der Waals surface area contributed by atoms with Crippen molar-refractivity contribution in [1.29, 1.82) is 0 Å². The van der Waals surface area contributed by atoms with E-state index in [-0.39, 0.29) is 17.9 Å². The van der Waals surface area contributed by atoms with Crippen LogP contribution in [-0.2, 0) is 21.7 Å². The van der Waals surface area contributed by atoms with E-state index in [0.29, 0.717) is 18.8 Å².